The molecule has 0 aromatic heterocycles. The molecule has 20 heavy (non-hydrogen) atoms. The van der Waals surface area contributed by atoms with Crippen molar-refractivity contribution >= 4 is 17.7 Å². The molecule has 2 aromatic rings. The predicted molar refractivity (Wildman–Crippen MR) is 85.1 cm³/mol. The fourth-order valence-electron chi connectivity index (χ4n) is 4.18. The molecule has 0 amide bonds. The second kappa shape index (κ2) is 5.10. The van der Waals surface area contributed by atoms with Crippen LogP contribution in [0.3, 0.4) is 0 Å². The average Bonchev–Trinajstić information content (AvgIpc) is 3.08. The summed E-state index contributed by atoms with van der Waals surface area (Å²) < 4.78 is 0.560. The van der Waals surface area contributed by atoms with Crippen LogP contribution in [0.2, 0.25) is 0 Å². The van der Waals surface area contributed by atoms with Crippen molar-refractivity contribution in [1.82, 2.24) is 0 Å². The van der Waals surface area contributed by atoms with Crippen molar-refractivity contribution in [3.8, 4) is 11.1 Å². The van der Waals surface area contributed by atoms with Crippen molar-refractivity contribution in [2.75, 3.05) is 0 Å². The van der Waals surface area contributed by atoms with Gasteiger partial charge >= 0.3 is 131 Å². The van der Waals surface area contributed by atoms with E-state index in [2.05, 4.69) is 60.2 Å². The summed E-state index contributed by atoms with van der Waals surface area (Å²) in [7, 11) is 0. The Labute approximate surface area is 130 Å². The normalized spacial score (nSPS) is 21.0. The Morgan fingerprint density at radius 3 is 2.50 bits per heavy atom. The number of hydrogen-bond donors (Lipinski definition) is 0. The van der Waals surface area contributed by atoms with Crippen LogP contribution in [0, 0.1) is 5.92 Å². The van der Waals surface area contributed by atoms with Gasteiger partial charge in [0.25, 0.3) is 0 Å². The van der Waals surface area contributed by atoms with Crippen LogP contribution in [0.5, 0.6) is 0 Å². The minimum atomic E-state index is 0.560. The van der Waals surface area contributed by atoms with Crippen LogP contribution in [0.1, 0.15) is 47.0 Å². The van der Waals surface area contributed by atoms with E-state index < -0.39 is 0 Å². The van der Waals surface area contributed by atoms with Gasteiger partial charge in [-0.15, -0.1) is 0 Å². The standard InChI is InChI=1S/C19H19.Li/c1-2-6-14(5-1)11-15-9-10-19-17(12-15)13-16-7-3-4-8-18(16)19;/h3-4,7-10,12-14H,1-2,5-6,11H2;. The number of fused-ring (bicyclic) bond motifs is 3. The Morgan fingerprint density at radius 2 is 1.65 bits per heavy atom. The van der Waals surface area contributed by atoms with Gasteiger partial charge in [0.15, 0.2) is 0 Å². The van der Waals surface area contributed by atoms with Crippen LogP contribution in [0.25, 0.3) is 11.1 Å². The molecule has 2 aliphatic carbocycles. The van der Waals surface area contributed by atoms with E-state index in [0.29, 0.717) is 4.59 Å². The Kier molecular flexibility index (Phi) is 3.25. The van der Waals surface area contributed by atoms with Gasteiger partial charge < -0.3 is 0 Å². The van der Waals surface area contributed by atoms with Gasteiger partial charge in [0.05, 0.1) is 0 Å². The fourth-order valence-corrected chi connectivity index (χ4v) is 4.18. The number of hydrogen-bond acceptors (Lipinski definition) is 0. The summed E-state index contributed by atoms with van der Waals surface area (Å²) in [4.78, 5) is 0. The van der Waals surface area contributed by atoms with Crippen molar-refractivity contribution in [1.29, 1.82) is 0 Å². The number of rotatable bonds is 2. The third-order valence-corrected chi connectivity index (χ3v) is 5.30. The van der Waals surface area contributed by atoms with E-state index in [-0.39, 0.29) is 0 Å². The van der Waals surface area contributed by atoms with E-state index in [1.807, 2.05) is 0 Å². The molecule has 1 heteroatoms. The molecule has 0 bridgehead atoms. The summed E-state index contributed by atoms with van der Waals surface area (Å²) in [6, 6.07) is 16.1. The summed E-state index contributed by atoms with van der Waals surface area (Å²) in [5.74, 6) is 0.937. The van der Waals surface area contributed by atoms with E-state index in [4.69, 9.17) is 0 Å². The molecule has 1 saturated carbocycles. The van der Waals surface area contributed by atoms with Crippen molar-refractivity contribution in [3.05, 3.63) is 59.2 Å². The van der Waals surface area contributed by atoms with E-state index in [1.54, 1.807) is 11.1 Å². The van der Waals surface area contributed by atoms with E-state index in [0.717, 1.165) is 5.92 Å². The van der Waals surface area contributed by atoms with Gasteiger partial charge in [-0.1, -0.05) is 0 Å². The summed E-state index contributed by atoms with van der Waals surface area (Å²) in [6.07, 6.45) is 7.05. The van der Waals surface area contributed by atoms with Gasteiger partial charge in [0.2, 0.25) is 0 Å². The van der Waals surface area contributed by atoms with Crippen LogP contribution in [0.4, 0.5) is 0 Å². The van der Waals surface area contributed by atoms with Crippen molar-refractivity contribution in [2.45, 2.75) is 36.7 Å². The van der Waals surface area contributed by atoms with Crippen molar-refractivity contribution < 1.29 is 0 Å². The van der Waals surface area contributed by atoms with Crippen LogP contribution in [-0.4, -0.2) is 17.7 Å². The maximum absolute atomic E-state index is 2.48. The Morgan fingerprint density at radius 1 is 0.900 bits per heavy atom. The average molecular weight is 254 g/mol. The summed E-state index contributed by atoms with van der Waals surface area (Å²) in [5, 5.41) is 0. The van der Waals surface area contributed by atoms with Gasteiger partial charge in [0.1, 0.15) is 0 Å². The summed E-state index contributed by atoms with van der Waals surface area (Å²) in [6.45, 7) is 0. The Bertz CT molecular complexity index is 638. The molecule has 1 atom stereocenters. The summed E-state index contributed by atoms with van der Waals surface area (Å²) >= 11 is 2.35. The van der Waals surface area contributed by atoms with Gasteiger partial charge in [-0.05, 0) is 0 Å². The molecule has 2 aromatic carbocycles. The van der Waals surface area contributed by atoms with Crippen LogP contribution >= 0.6 is 0 Å². The molecule has 2 aliphatic rings. The zero-order valence-electron chi connectivity index (χ0n) is 12.2. The molecule has 1 unspecified atom stereocenters. The first-order valence-corrected chi connectivity index (χ1v) is 8.05. The molecule has 4 rings (SSSR count). The van der Waals surface area contributed by atoms with Gasteiger partial charge in [-0.25, -0.2) is 0 Å². The van der Waals surface area contributed by atoms with Gasteiger partial charge in [0, 0.05) is 0 Å². The zero-order chi connectivity index (χ0) is 13.5. The monoisotopic (exact) mass is 254 g/mol. The van der Waals surface area contributed by atoms with Crippen LogP contribution in [0.15, 0.2) is 42.5 Å². The van der Waals surface area contributed by atoms with Gasteiger partial charge in [-0.3, -0.25) is 0 Å². The molecule has 0 aliphatic heterocycles. The molecular weight excluding hydrogens is 235 g/mol. The first-order valence-electron chi connectivity index (χ1n) is 8.05. The Balaban J connectivity index is 1.69. The molecule has 0 N–H and O–H groups in total. The minimum absolute atomic E-state index is 0.560. The molecule has 1 fully saturated rings. The quantitative estimate of drug-likeness (QED) is 0.684. The summed E-state index contributed by atoms with van der Waals surface area (Å²) in [5.41, 5.74) is 7.50. The third kappa shape index (κ3) is 2.07. The fraction of sp³-hybridized carbons (Fsp3) is 0.368. The first kappa shape index (κ1) is 12.8. The van der Waals surface area contributed by atoms with Crippen molar-refractivity contribution in [3.63, 3.8) is 0 Å². The maximum atomic E-state index is 2.48. The molecule has 0 spiro atoms. The van der Waals surface area contributed by atoms with E-state index in [9.17, 15) is 0 Å². The van der Waals surface area contributed by atoms with Crippen molar-refractivity contribution in [2.24, 2.45) is 5.92 Å². The van der Waals surface area contributed by atoms with E-state index >= 15 is 0 Å². The number of benzene rings is 2. The van der Waals surface area contributed by atoms with Gasteiger partial charge in [-0.2, -0.15) is 0 Å². The molecule has 0 heterocycles. The zero-order valence-corrected chi connectivity index (χ0v) is 12.2. The second-order valence-electron chi connectivity index (χ2n) is 6.59. The molecule has 0 nitrogen and oxygen atoms in total. The first-order chi connectivity index (χ1) is 9.83. The molecule has 0 saturated heterocycles. The predicted octanol–water partition coefficient (Wildman–Crippen LogP) is 4.66. The SMILES string of the molecule is [Li][CH]1c2ccccc2-c2ccc(CC3CCCC3)cc21. The van der Waals surface area contributed by atoms with Crippen LogP contribution < -0.4 is 0 Å². The second-order valence-corrected chi connectivity index (χ2v) is 6.59. The molecule has 96 valence electrons. The third-order valence-electron chi connectivity index (χ3n) is 5.30. The molecular formula is C19H19Li. The van der Waals surface area contributed by atoms with E-state index in [1.165, 1.54) is 48.8 Å². The van der Waals surface area contributed by atoms with Crippen LogP contribution in [-0.2, 0) is 6.42 Å². The Hall–Kier alpha value is -0.963. The topological polar surface area (TPSA) is 0 Å². The molecule has 0 radical (unpaired) electrons.